The van der Waals surface area contributed by atoms with Gasteiger partial charge in [-0.25, -0.2) is 0 Å². The smallest absolute Gasteiger partial charge is 0.290 e. The van der Waals surface area contributed by atoms with E-state index in [1.165, 1.54) is 6.26 Å². The molecular formula is C13H11NO2. The first-order valence-electron chi connectivity index (χ1n) is 4.92. The molecule has 0 unspecified atom stereocenters. The summed E-state index contributed by atoms with van der Waals surface area (Å²) in [5, 5.41) is 2.62. The lowest BCUT2D eigenvalue weighted by molar-refractivity contribution is 0.0943. The van der Waals surface area contributed by atoms with Crippen LogP contribution >= 0.6 is 0 Å². The van der Waals surface area contributed by atoms with Gasteiger partial charge in [0, 0.05) is 6.20 Å². The predicted octanol–water partition coefficient (Wildman–Crippen LogP) is 2.68. The van der Waals surface area contributed by atoms with Crippen LogP contribution in [0.2, 0.25) is 0 Å². The van der Waals surface area contributed by atoms with E-state index in [1.54, 1.807) is 18.3 Å². The molecule has 0 aliphatic carbocycles. The summed E-state index contributed by atoms with van der Waals surface area (Å²) in [6.45, 7) is 0. The highest BCUT2D eigenvalue weighted by atomic mass is 16.3. The fraction of sp³-hybridized carbons (Fsp3) is 0. The maximum absolute atomic E-state index is 11.4. The molecule has 0 aliphatic rings. The van der Waals surface area contributed by atoms with Crippen LogP contribution in [-0.4, -0.2) is 5.91 Å². The predicted molar refractivity (Wildman–Crippen MR) is 61.7 cm³/mol. The van der Waals surface area contributed by atoms with Crippen LogP contribution in [-0.2, 0) is 0 Å². The minimum atomic E-state index is -0.253. The summed E-state index contributed by atoms with van der Waals surface area (Å²) in [6.07, 6.45) is 4.89. The third-order valence-corrected chi connectivity index (χ3v) is 2.03. The molecule has 2 aromatic rings. The van der Waals surface area contributed by atoms with Crippen molar-refractivity contribution < 1.29 is 9.21 Å². The topological polar surface area (TPSA) is 42.2 Å². The molecule has 2 rings (SSSR count). The number of hydrogen-bond acceptors (Lipinski definition) is 2. The Balaban J connectivity index is 1.93. The van der Waals surface area contributed by atoms with E-state index >= 15 is 0 Å². The van der Waals surface area contributed by atoms with Crippen molar-refractivity contribution in [1.29, 1.82) is 0 Å². The van der Waals surface area contributed by atoms with Crippen LogP contribution in [0.1, 0.15) is 16.1 Å². The number of carbonyl (C=O) groups is 1. The molecule has 0 atom stereocenters. The van der Waals surface area contributed by atoms with Crippen LogP contribution in [0, 0.1) is 0 Å². The molecule has 0 aliphatic heterocycles. The van der Waals surface area contributed by atoms with Gasteiger partial charge in [0.05, 0.1) is 6.26 Å². The minimum absolute atomic E-state index is 0.253. The molecule has 1 aromatic carbocycles. The average molecular weight is 213 g/mol. The molecule has 0 spiro atoms. The molecule has 1 heterocycles. The molecule has 1 N–H and O–H groups in total. The highest BCUT2D eigenvalue weighted by Gasteiger charge is 2.04. The van der Waals surface area contributed by atoms with E-state index in [0.29, 0.717) is 5.76 Å². The first kappa shape index (κ1) is 10.2. The Labute approximate surface area is 93.4 Å². The van der Waals surface area contributed by atoms with E-state index in [-0.39, 0.29) is 5.91 Å². The van der Waals surface area contributed by atoms with Gasteiger partial charge in [-0.1, -0.05) is 30.3 Å². The summed E-state index contributed by atoms with van der Waals surface area (Å²) >= 11 is 0. The fourth-order valence-electron chi connectivity index (χ4n) is 1.26. The monoisotopic (exact) mass is 213 g/mol. The Morgan fingerprint density at radius 2 is 1.94 bits per heavy atom. The van der Waals surface area contributed by atoms with Gasteiger partial charge in [-0.3, -0.25) is 4.79 Å². The van der Waals surface area contributed by atoms with Crippen molar-refractivity contribution >= 4 is 12.0 Å². The van der Waals surface area contributed by atoms with E-state index < -0.39 is 0 Å². The van der Waals surface area contributed by atoms with E-state index in [0.717, 1.165) is 5.56 Å². The Kier molecular flexibility index (Phi) is 3.18. The zero-order chi connectivity index (χ0) is 11.2. The van der Waals surface area contributed by atoms with Gasteiger partial charge in [-0.05, 0) is 23.8 Å². The minimum Gasteiger partial charge on any atom is -0.459 e. The van der Waals surface area contributed by atoms with Crippen molar-refractivity contribution in [3.05, 3.63) is 66.3 Å². The van der Waals surface area contributed by atoms with E-state index in [2.05, 4.69) is 5.32 Å². The standard InChI is InChI=1S/C13H11NO2/c15-13(12-7-4-10-16-12)14-9-8-11-5-2-1-3-6-11/h1-10H,(H,14,15)/b9-8+. The summed E-state index contributed by atoms with van der Waals surface area (Å²) in [7, 11) is 0. The molecule has 80 valence electrons. The molecule has 3 heteroatoms. The second-order valence-electron chi connectivity index (χ2n) is 3.19. The fourth-order valence-corrected chi connectivity index (χ4v) is 1.26. The maximum atomic E-state index is 11.4. The first-order chi connectivity index (χ1) is 7.86. The van der Waals surface area contributed by atoms with Gasteiger partial charge in [0.2, 0.25) is 0 Å². The van der Waals surface area contributed by atoms with Crippen molar-refractivity contribution in [1.82, 2.24) is 5.32 Å². The molecule has 0 saturated carbocycles. The third-order valence-electron chi connectivity index (χ3n) is 2.03. The van der Waals surface area contributed by atoms with Gasteiger partial charge < -0.3 is 9.73 Å². The van der Waals surface area contributed by atoms with Gasteiger partial charge in [0.15, 0.2) is 5.76 Å². The Bertz CT molecular complexity index is 472. The first-order valence-corrected chi connectivity index (χ1v) is 4.92. The van der Waals surface area contributed by atoms with Crippen LogP contribution in [0.4, 0.5) is 0 Å². The van der Waals surface area contributed by atoms with Crippen molar-refractivity contribution in [2.75, 3.05) is 0 Å². The zero-order valence-electron chi connectivity index (χ0n) is 8.59. The van der Waals surface area contributed by atoms with Crippen LogP contribution in [0.15, 0.2) is 59.3 Å². The van der Waals surface area contributed by atoms with Gasteiger partial charge in [-0.15, -0.1) is 0 Å². The molecular weight excluding hydrogens is 202 g/mol. The lowest BCUT2D eigenvalue weighted by Crippen LogP contribution is -2.15. The lowest BCUT2D eigenvalue weighted by atomic mass is 10.2. The molecule has 0 radical (unpaired) electrons. The summed E-state index contributed by atoms with van der Waals surface area (Å²) in [5.74, 6) is 0.0508. The van der Waals surface area contributed by atoms with E-state index in [1.807, 2.05) is 36.4 Å². The van der Waals surface area contributed by atoms with E-state index in [4.69, 9.17) is 4.42 Å². The quantitative estimate of drug-likeness (QED) is 0.851. The van der Waals surface area contributed by atoms with Crippen LogP contribution < -0.4 is 5.32 Å². The summed E-state index contributed by atoms with van der Waals surface area (Å²) in [4.78, 5) is 11.4. The SMILES string of the molecule is O=C(N/C=C/c1ccccc1)c1ccco1. The molecule has 0 saturated heterocycles. The highest BCUT2D eigenvalue weighted by molar-refractivity contribution is 5.92. The number of nitrogens with one attached hydrogen (secondary N) is 1. The molecule has 1 amide bonds. The summed E-state index contributed by atoms with van der Waals surface area (Å²) in [5.41, 5.74) is 1.03. The number of furan rings is 1. The second kappa shape index (κ2) is 4.98. The summed E-state index contributed by atoms with van der Waals surface area (Å²) < 4.78 is 4.95. The van der Waals surface area contributed by atoms with E-state index in [9.17, 15) is 4.79 Å². The normalized spacial score (nSPS) is 10.5. The lowest BCUT2D eigenvalue weighted by Gasteiger charge is -1.95. The Morgan fingerprint density at radius 1 is 1.12 bits per heavy atom. The molecule has 0 bridgehead atoms. The van der Waals surface area contributed by atoms with Gasteiger partial charge in [-0.2, -0.15) is 0 Å². The van der Waals surface area contributed by atoms with Crippen LogP contribution in [0.5, 0.6) is 0 Å². The van der Waals surface area contributed by atoms with Crippen molar-refractivity contribution in [2.45, 2.75) is 0 Å². The highest BCUT2D eigenvalue weighted by Crippen LogP contribution is 2.01. The number of benzene rings is 1. The number of amides is 1. The summed E-state index contributed by atoms with van der Waals surface area (Å²) in [6, 6.07) is 13.0. The largest absolute Gasteiger partial charge is 0.459 e. The molecule has 1 aromatic heterocycles. The number of rotatable bonds is 3. The van der Waals surface area contributed by atoms with Crippen molar-refractivity contribution in [3.63, 3.8) is 0 Å². The molecule has 0 fully saturated rings. The number of hydrogen-bond donors (Lipinski definition) is 1. The zero-order valence-corrected chi connectivity index (χ0v) is 8.59. The van der Waals surface area contributed by atoms with Gasteiger partial charge in [0.1, 0.15) is 0 Å². The maximum Gasteiger partial charge on any atom is 0.290 e. The molecule has 3 nitrogen and oxygen atoms in total. The van der Waals surface area contributed by atoms with Crippen molar-refractivity contribution in [2.24, 2.45) is 0 Å². The Morgan fingerprint density at radius 3 is 2.62 bits per heavy atom. The average Bonchev–Trinajstić information content (AvgIpc) is 2.84. The van der Waals surface area contributed by atoms with Crippen LogP contribution in [0.3, 0.4) is 0 Å². The molecule has 16 heavy (non-hydrogen) atoms. The van der Waals surface area contributed by atoms with Gasteiger partial charge >= 0.3 is 0 Å². The number of carbonyl (C=O) groups excluding carboxylic acids is 1. The second-order valence-corrected chi connectivity index (χ2v) is 3.19. The van der Waals surface area contributed by atoms with Crippen LogP contribution in [0.25, 0.3) is 6.08 Å². The third kappa shape index (κ3) is 2.60. The van der Waals surface area contributed by atoms with Gasteiger partial charge in [0.25, 0.3) is 5.91 Å². The van der Waals surface area contributed by atoms with Crippen molar-refractivity contribution in [3.8, 4) is 0 Å². The Hall–Kier alpha value is -2.29.